The van der Waals surface area contributed by atoms with Gasteiger partial charge in [0.25, 0.3) is 0 Å². The lowest BCUT2D eigenvalue weighted by Crippen LogP contribution is -2.40. The van der Waals surface area contributed by atoms with Gasteiger partial charge in [-0.05, 0) is 20.8 Å². The molecule has 0 aliphatic heterocycles. The van der Waals surface area contributed by atoms with Gasteiger partial charge in [-0.1, -0.05) is 0 Å². The molecule has 0 aromatic rings. The molecule has 0 aromatic carbocycles. The minimum absolute atomic E-state index is 0. The van der Waals surface area contributed by atoms with Crippen LogP contribution in [-0.2, 0) is 0 Å². The maximum Gasteiger partial charge on any atom is 0.0739 e. The largest absolute Gasteiger partial charge is 0.389 e. The van der Waals surface area contributed by atoms with Crippen LogP contribution in [0.15, 0.2) is 0 Å². The maximum atomic E-state index is 8.97. The highest BCUT2D eigenvalue weighted by Crippen LogP contribution is 2.03. The summed E-state index contributed by atoms with van der Waals surface area (Å²) in [7, 11) is 0. The molecule has 0 aromatic heterocycles. The van der Waals surface area contributed by atoms with Crippen LogP contribution in [0.5, 0.6) is 0 Å². The fourth-order valence-electron chi connectivity index (χ4n) is 0. The van der Waals surface area contributed by atoms with Crippen LogP contribution < -0.4 is 5.73 Å². The molecule has 0 amide bonds. The van der Waals surface area contributed by atoms with E-state index in [4.69, 9.17) is 10.8 Å². The van der Waals surface area contributed by atoms with E-state index in [1.165, 1.54) is 0 Å². The molecular formula is C5H14ClNO. The summed E-state index contributed by atoms with van der Waals surface area (Å²) in [6.45, 7) is 5.16. The van der Waals surface area contributed by atoms with Crippen molar-refractivity contribution in [1.29, 1.82) is 0 Å². The highest BCUT2D eigenvalue weighted by Gasteiger charge is 2.16. The summed E-state index contributed by atoms with van der Waals surface area (Å²) in [4.78, 5) is 0. The van der Waals surface area contributed by atoms with Gasteiger partial charge in [-0.25, -0.2) is 0 Å². The predicted octanol–water partition coefficient (Wildman–Crippen LogP) is 0.526. The highest BCUT2D eigenvalue weighted by atomic mass is 35.5. The Morgan fingerprint density at radius 3 is 1.62 bits per heavy atom. The first-order valence-corrected chi connectivity index (χ1v) is 2.42. The lowest BCUT2D eigenvalue weighted by molar-refractivity contribution is 0.0582. The minimum atomic E-state index is -0.722. The summed E-state index contributed by atoms with van der Waals surface area (Å²) in [5.74, 6) is 0. The molecule has 0 rings (SSSR count). The van der Waals surface area contributed by atoms with Gasteiger partial charge in [-0.3, -0.25) is 0 Å². The van der Waals surface area contributed by atoms with Crippen LogP contribution in [-0.4, -0.2) is 16.7 Å². The van der Waals surface area contributed by atoms with Gasteiger partial charge in [-0.15, -0.1) is 12.4 Å². The smallest absolute Gasteiger partial charge is 0.0739 e. The molecule has 0 saturated heterocycles. The molecule has 52 valence electrons. The first kappa shape index (κ1) is 11.1. The quantitative estimate of drug-likeness (QED) is 0.557. The lowest BCUT2D eigenvalue weighted by Gasteiger charge is -2.20. The fourth-order valence-corrected chi connectivity index (χ4v) is 0. The average molecular weight is 140 g/mol. The van der Waals surface area contributed by atoms with Crippen molar-refractivity contribution >= 4 is 12.4 Å². The van der Waals surface area contributed by atoms with Crippen LogP contribution in [0.4, 0.5) is 0 Å². The van der Waals surface area contributed by atoms with Crippen molar-refractivity contribution in [2.75, 3.05) is 0 Å². The van der Waals surface area contributed by atoms with Gasteiger partial charge in [0, 0.05) is 6.04 Å². The standard InChI is InChI=1S/C5H13NO.ClH/c1-4(6)5(2,3)7;/h4,7H,6H2,1-3H3;1H/t4-;/m0./s1. The first-order valence-electron chi connectivity index (χ1n) is 2.42. The Bertz CT molecular complexity index is 57.9. The van der Waals surface area contributed by atoms with E-state index >= 15 is 0 Å². The molecule has 8 heavy (non-hydrogen) atoms. The molecule has 0 saturated carbocycles. The Morgan fingerprint density at radius 2 is 1.62 bits per heavy atom. The number of halogens is 1. The molecule has 1 atom stereocenters. The zero-order valence-electron chi connectivity index (χ0n) is 5.51. The van der Waals surface area contributed by atoms with Gasteiger partial charge in [0.1, 0.15) is 0 Å². The lowest BCUT2D eigenvalue weighted by atomic mass is 10.0. The normalized spacial score (nSPS) is 14.6. The van der Waals surface area contributed by atoms with E-state index in [1.54, 1.807) is 20.8 Å². The van der Waals surface area contributed by atoms with E-state index in [0.717, 1.165) is 0 Å². The summed E-state index contributed by atoms with van der Waals surface area (Å²) in [6.07, 6.45) is 0. The monoisotopic (exact) mass is 139 g/mol. The maximum absolute atomic E-state index is 8.97. The van der Waals surface area contributed by atoms with Crippen molar-refractivity contribution in [3.05, 3.63) is 0 Å². The molecule has 2 nitrogen and oxygen atoms in total. The van der Waals surface area contributed by atoms with Gasteiger partial charge < -0.3 is 10.8 Å². The van der Waals surface area contributed by atoms with Crippen LogP contribution in [0.1, 0.15) is 20.8 Å². The number of hydrogen-bond acceptors (Lipinski definition) is 2. The number of hydrogen-bond donors (Lipinski definition) is 2. The molecule has 0 aliphatic rings. The molecule has 0 bridgehead atoms. The second kappa shape index (κ2) is 3.28. The van der Waals surface area contributed by atoms with E-state index in [-0.39, 0.29) is 18.4 Å². The first-order chi connectivity index (χ1) is 2.94. The van der Waals surface area contributed by atoms with E-state index in [1.807, 2.05) is 0 Å². The van der Waals surface area contributed by atoms with Crippen molar-refractivity contribution in [3.8, 4) is 0 Å². The van der Waals surface area contributed by atoms with Gasteiger partial charge in [0.2, 0.25) is 0 Å². The van der Waals surface area contributed by atoms with Gasteiger partial charge in [0.15, 0.2) is 0 Å². The van der Waals surface area contributed by atoms with E-state index in [0.29, 0.717) is 0 Å². The predicted molar refractivity (Wildman–Crippen MR) is 37.2 cm³/mol. The summed E-state index contributed by atoms with van der Waals surface area (Å²) >= 11 is 0. The SMILES string of the molecule is C[C@H](N)C(C)(C)O.Cl. The van der Waals surface area contributed by atoms with Crippen LogP contribution in [0, 0.1) is 0 Å². The van der Waals surface area contributed by atoms with Gasteiger partial charge in [-0.2, -0.15) is 0 Å². The Balaban J connectivity index is 0. The van der Waals surface area contributed by atoms with Crippen LogP contribution in [0.25, 0.3) is 0 Å². The fraction of sp³-hybridized carbons (Fsp3) is 1.00. The Labute approximate surface area is 56.5 Å². The number of aliphatic hydroxyl groups is 1. The number of rotatable bonds is 1. The Hall–Kier alpha value is 0.210. The molecule has 0 spiro atoms. The van der Waals surface area contributed by atoms with Crippen molar-refractivity contribution in [1.82, 2.24) is 0 Å². The molecule has 0 unspecified atom stereocenters. The summed E-state index contributed by atoms with van der Waals surface area (Å²) in [5.41, 5.74) is 4.60. The Morgan fingerprint density at radius 1 is 1.50 bits per heavy atom. The third-order valence-electron chi connectivity index (χ3n) is 1.11. The van der Waals surface area contributed by atoms with Crippen LogP contribution in [0.2, 0.25) is 0 Å². The van der Waals surface area contributed by atoms with Crippen molar-refractivity contribution in [2.45, 2.75) is 32.4 Å². The second-order valence-electron chi connectivity index (χ2n) is 2.44. The molecule has 0 aliphatic carbocycles. The molecule has 0 heterocycles. The zero-order valence-corrected chi connectivity index (χ0v) is 6.33. The summed E-state index contributed by atoms with van der Waals surface area (Å²) in [5, 5.41) is 8.97. The highest BCUT2D eigenvalue weighted by molar-refractivity contribution is 5.85. The van der Waals surface area contributed by atoms with Crippen molar-refractivity contribution in [2.24, 2.45) is 5.73 Å². The van der Waals surface area contributed by atoms with E-state index < -0.39 is 5.60 Å². The Kier molecular flexibility index (Phi) is 4.53. The summed E-state index contributed by atoms with van der Waals surface area (Å²) < 4.78 is 0. The topological polar surface area (TPSA) is 46.2 Å². The molecular weight excluding hydrogens is 126 g/mol. The molecule has 0 radical (unpaired) electrons. The van der Waals surface area contributed by atoms with Crippen LogP contribution >= 0.6 is 12.4 Å². The van der Waals surface area contributed by atoms with E-state index in [2.05, 4.69) is 0 Å². The van der Waals surface area contributed by atoms with E-state index in [9.17, 15) is 0 Å². The average Bonchev–Trinajstić information content (AvgIpc) is 1.31. The number of nitrogens with two attached hydrogens (primary N) is 1. The molecule has 3 heteroatoms. The third kappa shape index (κ3) is 4.37. The minimum Gasteiger partial charge on any atom is -0.389 e. The van der Waals surface area contributed by atoms with Crippen molar-refractivity contribution < 1.29 is 5.11 Å². The van der Waals surface area contributed by atoms with Gasteiger partial charge >= 0.3 is 0 Å². The molecule has 3 N–H and O–H groups in total. The zero-order chi connectivity index (χ0) is 6.08. The van der Waals surface area contributed by atoms with Crippen molar-refractivity contribution in [3.63, 3.8) is 0 Å². The van der Waals surface area contributed by atoms with Crippen LogP contribution in [0.3, 0.4) is 0 Å². The molecule has 0 fully saturated rings. The second-order valence-corrected chi connectivity index (χ2v) is 2.44. The van der Waals surface area contributed by atoms with Gasteiger partial charge in [0.05, 0.1) is 5.60 Å². The summed E-state index contributed by atoms with van der Waals surface area (Å²) in [6, 6.07) is -0.146. The third-order valence-corrected chi connectivity index (χ3v) is 1.11.